The maximum absolute atomic E-state index is 12.5. The van der Waals surface area contributed by atoms with Crippen molar-refractivity contribution in [1.29, 1.82) is 0 Å². The largest absolute Gasteiger partial charge is 0.491 e. The smallest absolute Gasteiger partial charge is 0.335 e. The molecule has 0 aliphatic rings. The third-order valence-corrected chi connectivity index (χ3v) is 3.26. The van der Waals surface area contributed by atoms with E-state index in [1.165, 1.54) is 18.2 Å². The Bertz CT molecular complexity index is 937. The highest BCUT2D eigenvalue weighted by Gasteiger charge is 2.12. The fourth-order valence-corrected chi connectivity index (χ4v) is 2.31. The maximum atomic E-state index is 12.5. The lowest BCUT2D eigenvalue weighted by Gasteiger charge is -2.10. The number of aromatic carboxylic acids is 1. The van der Waals surface area contributed by atoms with Crippen molar-refractivity contribution in [3.63, 3.8) is 0 Å². The van der Waals surface area contributed by atoms with Crippen molar-refractivity contribution in [3.05, 3.63) is 52.2 Å². The molecule has 0 saturated heterocycles. The van der Waals surface area contributed by atoms with Gasteiger partial charge in [0.1, 0.15) is 16.9 Å². The number of ether oxygens (including phenoxy) is 1. The molecule has 0 bridgehead atoms. The first-order valence-corrected chi connectivity index (χ1v) is 6.86. The van der Waals surface area contributed by atoms with E-state index in [2.05, 4.69) is 0 Å². The highest BCUT2D eigenvalue weighted by atomic mass is 16.5. The van der Waals surface area contributed by atoms with Gasteiger partial charge in [0.15, 0.2) is 0 Å². The standard InChI is InChI=1S/C17H14O5/c1-9(2)21-11-4-6-14-13(8-11)16(18)12-5-3-10(17(19)20)7-15(12)22-14/h3-9H,1-2H3,(H,19,20). The highest BCUT2D eigenvalue weighted by Crippen LogP contribution is 2.24. The molecule has 1 N–H and O–H groups in total. The fourth-order valence-electron chi connectivity index (χ4n) is 2.31. The van der Waals surface area contributed by atoms with E-state index in [9.17, 15) is 9.59 Å². The molecule has 0 unspecified atom stereocenters. The van der Waals surface area contributed by atoms with E-state index in [0.717, 1.165) is 0 Å². The summed E-state index contributed by atoms with van der Waals surface area (Å²) in [6, 6.07) is 9.24. The monoisotopic (exact) mass is 298 g/mol. The molecule has 3 rings (SSSR count). The first-order chi connectivity index (χ1) is 10.5. The molecule has 112 valence electrons. The number of hydrogen-bond donors (Lipinski definition) is 1. The minimum absolute atomic E-state index is 0.00284. The number of carboxylic acid groups (broad SMARTS) is 1. The van der Waals surface area contributed by atoms with Crippen LogP contribution in [0, 0.1) is 0 Å². The van der Waals surface area contributed by atoms with Crippen molar-refractivity contribution in [1.82, 2.24) is 0 Å². The number of benzene rings is 2. The number of hydrogen-bond acceptors (Lipinski definition) is 4. The molecule has 3 aromatic rings. The van der Waals surface area contributed by atoms with Gasteiger partial charge in [0.2, 0.25) is 5.43 Å². The predicted octanol–water partition coefficient (Wildman–Crippen LogP) is 3.43. The molecule has 0 aliphatic carbocycles. The van der Waals surface area contributed by atoms with Gasteiger partial charge in [0.05, 0.1) is 22.4 Å². The summed E-state index contributed by atoms with van der Waals surface area (Å²) in [4.78, 5) is 23.5. The first kappa shape index (κ1) is 14.1. The molecule has 5 heteroatoms. The van der Waals surface area contributed by atoms with Gasteiger partial charge in [-0.25, -0.2) is 4.79 Å². The Morgan fingerprint density at radius 1 is 1.09 bits per heavy atom. The molecule has 0 amide bonds. The van der Waals surface area contributed by atoms with Crippen LogP contribution < -0.4 is 10.2 Å². The Labute approximate surface area is 125 Å². The summed E-state index contributed by atoms with van der Waals surface area (Å²) in [6.45, 7) is 3.81. The predicted molar refractivity (Wildman–Crippen MR) is 82.7 cm³/mol. The summed E-state index contributed by atoms with van der Waals surface area (Å²) in [5, 5.41) is 9.77. The van der Waals surface area contributed by atoms with E-state index in [1.807, 2.05) is 13.8 Å². The lowest BCUT2D eigenvalue weighted by Crippen LogP contribution is -2.07. The zero-order valence-electron chi connectivity index (χ0n) is 12.1. The molecular formula is C17H14O5. The van der Waals surface area contributed by atoms with Crippen molar-refractivity contribution in [3.8, 4) is 5.75 Å². The molecule has 0 atom stereocenters. The molecule has 0 fully saturated rings. The topological polar surface area (TPSA) is 76.7 Å². The van der Waals surface area contributed by atoms with E-state index < -0.39 is 5.97 Å². The molecule has 0 saturated carbocycles. The van der Waals surface area contributed by atoms with Crippen LogP contribution in [0.1, 0.15) is 24.2 Å². The van der Waals surface area contributed by atoms with Crippen molar-refractivity contribution >= 4 is 27.9 Å². The quantitative estimate of drug-likeness (QED) is 0.750. The summed E-state index contributed by atoms with van der Waals surface area (Å²) >= 11 is 0. The third-order valence-electron chi connectivity index (χ3n) is 3.26. The SMILES string of the molecule is CC(C)Oc1ccc2oc3cc(C(=O)O)ccc3c(=O)c2c1. The number of carboxylic acids is 1. The van der Waals surface area contributed by atoms with Gasteiger partial charge in [-0.05, 0) is 50.2 Å². The summed E-state index contributed by atoms with van der Waals surface area (Å²) in [7, 11) is 0. The van der Waals surface area contributed by atoms with Crippen molar-refractivity contribution < 1.29 is 19.1 Å². The van der Waals surface area contributed by atoms with Crippen molar-refractivity contribution in [2.24, 2.45) is 0 Å². The van der Waals surface area contributed by atoms with Crippen LogP contribution in [-0.2, 0) is 0 Å². The van der Waals surface area contributed by atoms with Crippen LogP contribution in [0.4, 0.5) is 0 Å². The average molecular weight is 298 g/mol. The summed E-state index contributed by atoms with van der Waals surface area (Å²) in [5.41, 5.74) is 0.531. The second-order valence-corrected chi connectivity index (χ2v) is 5.27. The normalized spacial score (nSPS) is 11.2. The fraction of sp³-hybridized carbons (Fsp3) is 0.176. The van der Waals surface area contributed by atoms with Gasteiger partial charge in [-0.2, -0.15) is 0 Å². The molecule has 0 radical (unpaired) electrons. The Morgan fingerprint density at radius 3 is 2.55 bits per heavy atom. The lowest BCUT2D eigenvalue weighted by atomic mass is 10.1. The van der Waals surface area contributed by atoms with Crippen LogP contribution in [0.15, 0.2) is 45.6 Å². The number of rotatable bonds is 3. The van der Waals surface area contributed by atoms with Crippen LogP contribution in [-0.4, -0.2) is 17.2 Å². The molecule has 1 aromatic heterocycles. The molecule has 5 nitrogen and oxygen atoms in total. The molecule has 22 heavy (non-hydrogen) atoms. The third kappa shape index (κ3) is 2.41. The molecule has 1 heterocycles. The van der Waals surface area contributed by atoms with Gasteiger partial charge < -0.3 is 14.3 Å². The number of fused-ring (bicyclic) bond motifs is 2. The van der Waals surface area contributed by atoms with Crippen molar-refractivity contribution in [2.45, 2.75) is 20.0 Å². The maximum Gasteiger partial charge on any atom is 0.335 e. The van der Waals surface area contributed by atoms with E-state index in [-0.39, 0.29) is 22.7 Å². The zero-order chi connectivity index (χ0) is 15.9. The zero-order valence-corrected chi connectivity index (χ0v) is 12.1. The average Bonchev–Trinajstić information content (AvgIpc) is 2.47. The van der Waals surface area contributed by atoms with Gasteiger partial charge in [-0.15, -0.1) is 0 Å². The molecule has 0 aliphatic heterocycles. The summed E-state index contributed by atoms with van der Waals surface area (Å²) in [5.74, 6) is -0.471. The number of carbonyl (C=O) groups is 1. The highest BCUT2D eigenvalue weighted by molar-refractivity contribution is 5.95. The Hall–Kier alpha value is -2.82. The van der Waals surface area contributed by atoms with Crippen molar-refractivity contribution in [2.75, 3.05) is 0 Å². The van der Waals surface area contributed by atoms with Crippen LogP contribution in [0.2, 0.25) is 0 Å². The molecule has 0 spiro atoms. The van der Waals surface area contributed by atoms with Gasteiger partial charge in [-0.3, -0.25) is 4.79 Å². The van der Waals surface area contributed by atoms with Crippen LogP contribution in [0.5, 0.6) is 5.75 Å². The molecule has 2 aromatic carbocycles. The Kier molecular flexibility index (Phi) is 3.33. The molecular weight excluding hydrogens is 284 g/mol. The summed E-state index contributed by atoms with van der Waals surface area (Å²) in [6.07, 6.45) is 0.00284. The van der Waals surface area contributed by atoms with Crippen LogP contribution >= 0.6 is 0 Å². The minimum Gasteiger partial charge on any atom is -0.491 e. The van der Waals surface area contributed by atoms with E-state index in [1.54, 1.807) is 18.2 Å². The van der Waals surface area contributed by atoms with Crippen LogP contribution in [0.3, 0.4) is 0 Å². The van der Waals surface area contributed by atoms with E-state index >= 15 is 0 Å². The lowest BCUT2D eigenvalue weighted by molar-refractivity contribution is 0.0697. The minimum atomic E-state index is -1.06. The summed E-state index contributed by atoms with van der Waals surface area (Å²) < 4.78 is 11.2. The van der Waals surface area contributed by atoms with Gasteiger partial charge in [0.25, 0.3) is 0 Å². The second kappa shape index (κ2) is 5.18. The van der Waals surface area contributed by atoms with E-state index in [0.29, 0.717) is 22.1 Å². The van der Waals surface area contributed by atoms with Crippen LogP contribution in [0.25, 0.3) is 21.9 Å². The van der Waals surface area contributed by atoms with Gasteiger partial charge in [-0.1, -0.05) is 0 Å². The first-order valence-electron chi connectivity index (χ1n) is 6.86. The second-order valence-electron chi connectivity index (χ2n) is 5.27. The van der Waals surface area contributed by atoms with Gasteiger partial charge >= 0.3 is 5.97 Å². The Balaban J connectivity index is 2.26. The van der Waals surface area contributed by atoms with Gasteiger partial charge in [0, 0.05) is 0 Å². The Morgan fingerprint density at radius 2 is 1.86 bits per heavy atom. The van der Waals surface area contributed by atoms with E-state index in [4.69, 9.17) is 14.3 Å².